The lowest BCUT2D eigenvalue weighted by molar-refractivity contribution is -0.121. The van der Waals surface area contributed by atoms with Gasteiger partial charge in [0, 0.05) is 25.1 Å². The monoisotopic (exact) mass is 386 g/mol. The van der Waals surface area contributed by atoms with E-state index in [9.17, 15) is 9.59 Å². The summed E-state index contributed by atoms with van der Waals surface area (Å²) in [4.78, 5) is 24.2. The van der Waals surface area contributed by atoms with Crippen LogP contribution in [0.15, 0.2) is 42.5 Å². The van der Waals surface area contributed by atoms with Gasteiger partial charge in [-0.15, -0.1) is 0 Å². The Bertz CT molecular complexity index is 807. The molecule has 0 saturated carbocycles. The molecule has 0 aliphatic heterocycles. The van der Waals surface area contributed by atoms with Crippen LogP contribution in [-0.4, -0.2) is 46.2 Å². The molecule has 2 aromatic carbocycles. The van der Waals surface area contributed by atoms with E-state index in [-0.39, 0.29) is 11.8 Å². The number of methoxy groups -OCH3 is 3. The fourth-order valence-corrected chi connectivity index (χ4v) is 2.63. The highest BCUT2D eigenvalue weighted by Crippen LogP contribution is 2.27. The first-order valence-corrected chi connectivity index (χ1v) is 8.97. The third-order valence-electron chi connectivity index (χ3n) is 4.15. The molecule has 0 heterocycles. The Kier molecular flexibility index (Phi) is 8.14. The number of nitrogens with one attached hydrogen (secondary N) is 2. The fourth-order valence-electron chi connectivity index (χ4n) is 2.63. The van der Waals surface area contributed by atoms with Gasteiger partial charge in [-0.2, -0.15) is 0 Å². The topological polar surface area (TPSA) is 85.9 Å². The van der Waals surface area contributed by atoms with Crippen molar-refractivity contribution in [3.05, 3.63) is 53.6 Å². The normalized spacial score (nSPS) is 10.1. The maximum atomic E-state index is 12.2. The molecule has 2 amide bonds. The number of carbonyl (C=O) groups is 2. The second-order valence-electron chi connectivity index (χ2n) is 6.03. The van der Waals surface area contributed by atoms with Crippen molar-refractivity contribution in [2.75, 3.05) is 34.4 Å². The molecule has 0 unspecified atom stereocenters. The average Bonchev–Trinajstić information content (AvgIpc) is 2.74. The van der Waals surface area contributed by atoms with E-state index < -0.39 is 0 Å². The van der Waals surface area contributed by atoms with Crippen LogP contribution in [0, 0.1) is 0 Å². The number of ether oxygens (including phenoxy) is 3. The standard InChI is InChI=1S/C21H26N2O5/c1-26-17-6-4-5-15(13-17)7-10-20(24)22-11-12-23-21(25)16-8-9-18(27-2)19(14-16)28-3/h4-6,8-9,13-14H,7,10-12H2,1-3H3,(H,22,24)(H,23,25). The summed E-state index contributed by atoms with van der Waals surface area (Å²) < 4.78 is 15.5. The summed E-state index contributed by atoms with van der Waals surface area (Å²) in [6.45, 7) is 0.689. The lowest BCUT2D eigenvalue weighted by atomic mass is 10.1. The minimum Gasteiger partial charge on any atom is -0.497 e. The molecule has 0 radical (unpaired) electrons. The van der Waals surface area contributed by atoms with Gasteiger partial charge in [-0.1, -0.05) is 12.1 Å². The molecular weight excluding hydrogens is 360 g/mol. The number of hydrogen-bond donors (Lipinski definition) is 2. The minimum atomic E-state index is -0.244. The SMILES string of the molecule is COc1cccc(CCC(=O)NCCNC(=O)c2ccc(OC)c(OC)c2)c1. The first kappa shape index (κ1) is 21.1. The molecule has 0 saturated heterocycles. The van der Waals surface area contributed by atoms with Gasteiger partial charge in [-0.25, -0.2) is 0 Å². The average molecular weight is 386 g/mol. The van der Waals surface area contributed by atoms with Gasteiger partial charge in [0.2, 0.25) is 5.91 Å². The van der Waals surface area contributed by atoms with Crippen molar-refractivity contribution in [2.45, 2.75) is 12.8 Å². The van der Waals surface area contributed by atoms with E-state index in [4.69, 9.17) is 14.2 Å². The first-order chi connectivity index (χ1) is 13.6. The van der Waals surface area contributed by atoms with E-state index in [1.54, 1.807) is 25.3 Å². The van der Waals surface area contributed by atoms with E-state index in [1.807, 2.05) is 24.3 Å². The zero-order valence-corrected chi connectivity index (χ0v) is 16.4. The van der Waals surface area contributed by atoms with Crippen LogP contribution < -0.4 is 24.8 Å². The van der Waals surface area contributed by atoms with Crippen molar-refractivity contribution >= 4 is 11.8 Å². The minimum absolute atomic E-state index is 0.0665. The summed E-state index contributed by atoms with van der Waals surface area (Å²) in [6.07, 6.45) is 0.998. The van der Waals surface area contributed by atoms with Crippen LogP contribution in [0.3, 0.4) is 0 Å². The molecule has 7 heteroatoms. The van der Waals surface area contributed by atoms with Crippen molar-refractivity contribution in [3.8, 4) is 17.2 Å². The third kappa shape index (κ3) is 6.19. The van der Waals surface area contributed by atoms with E-state index in [1.165, 1.54) is 14.2 Å². The largest absolute Gasteiger partial charge is 0.497 e. The van der Waals surface area contributed by atoms with Gasteiger partial charge < -0.3 is 24.8 Å². The van der Waals surface area contributed by atoms with Crippen LogP contribution >= 0.6 is 0 Å². The molecule has 2 N–H and O–H groups in total. The molecular formula is C21H26N2O5. The smallest absolute Gasteiger partial charge is 0.251 e. The number of rotatable bonds is 10. The van der Waals surface area contributed by atoms with Crippen molar-refractivity contribution in [2.24, 2.45) is 0 Å². The summed E-state index contributed by atoms with van der Waals surface area (Å²) in [5.74, 6) is 1.51. The van der Waals surface area contributed by atoms with Crippen molar-refractivity contribution in [1.82, 2.24) is 10.6 Å². The molecule has 0 aromatic heterocycles. The van der Waals surface area contributed by atoms with Gasteiger partial charge in [0.05, 0.1) is 21.3 Å². The molecule has 7 nitrogen and oxygen atoms in total. The van der Waals surface area contributed by atoms with Crippen LogP contribution in [0.1, 0.15) is 22.3 Å². The maximum absolute atomic E-state index is 12.2. The molecule has 0 atom stereocenters. The molecule has 2 rings (SSSR count). The molecule has 2 aromatic rings. The van der Waals surface area contributed by atoms with Crippen LogP contribution in [0.2, 0.25) is 0 Å². The summed E-state index contributed by atoms with van der Waals surface area (Å²) >= 11 is 0. The summed E-state index contributed by atoms with van der Waals surface area (Å²) in [5.41, 5.74) is 1.50. The van der Waals surface area contributed by atoms with Gasteiger partial charge in [0.25, 0.3) is 5.91 Å². The summed E-state index contributed by atoms with van der Waals surface area (Å²) in [6, 6.07) is 12.6. The van der Waals surface area contributed by atoms with E-state index in [0.717, 1.165) is 11.3 Å². The third-order valence-corrected chi connectivity index (χ3v) is 4.15. The van der Waals surface area contributed by atoms with Crippen LogP contribution in [0.25, 0.3) is 0 Å². The lowest BCUT2D eigenvalue weighted by Crippen LogP contribution is -2.34. The second kappa shape index (κ2) is 10.8. The van der Waals surface area contributed by atoms with E-state index in [2.05, 4.69) is 10.6 Å². The fraction of sp³-hybridized carbons (Fsp3) is 0.333. The molecule has 28 heavy (non-hydrogen) atoms. The Morgan fingerprint density at radius 1 is 0.857 bits per heavy atom. The van der Waals surface area contributed by atoms with Crippen LogP contribution in [0.4, 0.5) is 0 Å². The zero-order valence-electron chi connectivity index (χ0n) is 16.4. The number of carbonyl (C=O) groups excluding carboxylic acids is 2. The maximum Gasteiger partial charge on any atom is 0.251 e. The molecule has 0 bridgehead atoms. The van der Waals surface area contributed by atoms with E-state index >= 15 is 0 Å². The molecule has 0 fully saturated rings. The number of hydrogen-bond acceptors (Lipinski definition) is 5. The van der Waals surface area contributed by atoms with Gasteiger partial charge in [-0.3, -0.25) is 9.59 Å². The van der Waals surface area contributed by atoms with Crippen molar-refractivity contribution < 1.29 is 23.8 Å². The highest BCUT2D eigenvalue weighted by atomic mass is 16.5. The Hall–Kier alpha value is -3.22. The van der Waals surface area contributed by atoms with Gasteiger partial charge >= 0.3 is 0 Å². The van der Waals surface area contributed by atoms with Gasteiger partial charge in [-0.05, 0) is 42.3 Å². The highest BCUT2D eigenvalue weighted by molar-refractivity contribution is 5.94. The second-order valence-corrected chi connectivity index (χ2v) is 6.03. The Labute approximate surface area is 165 Å². The summed E-state index contributed by atoms with van der Waals surface area (Å²) in [7, 11) is 4.66. The summed E-state index contributed by atoms with van der Waals surface area (Å²) in [5, 5.41) is 5.56. The van der Waals surface area contributed by atoms with Crippen LogP contribution in [-0.2, 0) is 11.2 Å². The van der Waals surface area contributed by atoms with Crippen molar-refractivity contribution in [1.29, 1.82) is 0 Å². The number of amides is 2. The predicted octanol–water partition coefficient (Wildman–Crippen LogP) is 2.19. The first-order valence-electron chi connectivity index (χ1n) is 8.97. The number of aryl methyl sites for hydroxylation is 1. The van der Waals surface area contributed by atoms with Gasteiger partial charge in [0.1, 0.15) is 5.75 Å². The molecule has 0 aliphatic rings. The van der Waals surface area contributed by atoms with Gasteiger partial charge in [0.15, 0.2) is 11.5 Å². The number of benzene rings is 2. The van der Waals surface area contributed by atoms with E-state index in [0.29, 0.717) is 43.0 Å². The molecule has 0 spiro atoms. The highest BCUT2D eigenvalue weighted by Gasteiger charge is 2.10. The predicted molar refractivity (Wildman–Crippen MR) is 106 cm³/mol. The Balaban J connectivity index is 1.71. The Morgan fingerprint density at radius 2 is 1.61 bits per heavy atom. The quantitative estimate of drug-likeness (QED) is 0.612. The molecule has 150 valence electrons. The molecule has 0 aliphatic carbocycles. The zero-order chi connectivity index (χ0) is 20.4. The van der Waals surface area contributed by atoms with Crippen LogP contribution in [0.5, 0.6) is 17.2 Å². The lowest BCUT2D eigenvalue weighted by Gasteiger charge is -2.10. The Morgan fingerprint density at radius 3 is 2.32 bits per heavy atom. The van der Waals surface area contributed by atoms with Crippen molar-refractivity contribution in [3.63, 3.8) is 0 Å².